The van der Waals surface area contributed by atoms with Crippen molar-refractivity contribution in [1.29, 1.82) is 0 Å². The van der Waals surface area contributed by atoms with Crippen LogP contribution in [0.2, 0.25) is 0 Å². The SMILES string of the molecule is CC(C)CC(C(=O)O)n1ccc(Oc2cccc3ccccc23)cc1=O. The molecule has 0 bridgehead atoms. The molecule has 3 rings (SSSR count). The van der Waals surface area contributed by atoms with E-state index in [1.165, 1.54) is 16.8 Å². The summed E-state index contributed by atoms with van der Waals surface area (Å²) in [6, 6.07) is 15.6. The number of pyridine rings is 1. The summed E-state index contributed by atoms with van der Waals surface area (Å²) >= 11 is 0. The van der Waals surface area contributed by atoms with E-state index >= 15 is 0 Å². The van der Waals surface area contributed by atoms with Gasteiger partial charge in [-0.3, -0.25) is 4.79 Å². The third-order valence-electron chi connectivity index (χ3n) is 4.21. The van der Waals surface area contributed by atoms with Crippen molar-refractivity contribution in [2.24, 2.45) is 5.92 Å². The molecule has 1 atom stereocenters. The van der Waals surface area contributed by atoms with Crippen LogP contribution in [-0.4, -0.2) is 15.6 Å². The van der Waals surface area contributed by atoms with Gasteiger partial charge in [-0.25, -0.2) is 4.79 Å². The number of hydrogen-bond acceptors (Lipinski definition) is 3. The number of rotatable bonds is 6. The number of hydrogen-bond donors (Lipinski definition) is 1. The molecule has 0 saturated carbocycles. The van der Waals surface area contributed by atoms with E-state index in [4.69, 9.17) is 4.74 Å². The zero-order valence-electron chi connectivity index (χ0n) is 14.8. The fourth-order valence-electron chi connectivity index (χ4n) is 2.98. The molecule has 0 saturated heterocycles. The second kappa shape index (κ2) is 7.44. The Hall–Kier alpha value is -3.08. The third kappa shape index (κ3) is 3.77. The molecule has 0 spiro atoms. The number of carboxylic acid groups (broad SMARTS) is 1. The quantitative estimate of drug-likeness (QED) is 0.712. The maximum absolute atomic E-state index is 12.4. The van der Waals surface area contributed by atoms with Gasteiger partial charge in [-0.05, 0) is 29.9 Å². The van der Waals surface area contributed by atoms with Gasteiger partial charge in [0.25, 0.3) is 5.56 Å². The minimum atomic E-state index is -1.01. The van der Waals surface area contributed by atoms with E-state index in [1.807, 2.05) is 56.3 Å². The van der Waals surface area contributed by atoms with E-state index in [1.54, 1.807) is 6.07 Å². The van der Waals surface area contributed by atoms with Gasteiger partial charge in [-0.2, -0.15) is 0 Å². The first kappa shape index (κ1) is 17.7. The van der Waals surface area contributed by atoms with Crippen LogP contribution in [0.1, 0.15) is 26.3 Å². The monoisotopic (exact) mass is 351 g/mol. The molecule has 5 nitrogen and oxygen atoms in total. The van der Waals surface area contributed by atoms with Crippen LogP contribution < -0.4 is 10.3 Å². The van der Waals surface area contributed by atoms with Gasteiger partial charge in [0, 0.05) is 17.6 Å². The minimum Gasteiger partial charge on any atom is -0.480 e. The summed E-state index contributed by atoms with van der Waals surface area (Å²) in [4.78, 5) is 24.0. The Labute approximate surface area is 151 Å². The molecule has 3 aromatic rings. The van der Waals surface area contributed by atoms with E-state index in [2.05, 4.69) is 0 Å². The number of ether oxygens (including phenoxy) is 1. The topological polar surface area (TPSA) is 68.5 Å². The van der Waals surface area contributed by atoms with E-state index in [0.29, 0.717) is 17.9 Å². The molecule has 2 aromatic carbocycles. The highest BCUT2D eigenvalue weighted by atomic mass is 16.5. The van der Waals surface area contributed by atoms with Crippen molar-refractivity contribution in [1.82, 2.24) is 4.57 Å². The van der Waals surface area contributed by atoms with Crippen LogP contribution in [0.3, 0.4) is 0 Å². The standard InChI is InChI=1S/C21H21NO4/c1-14(2)12-18(21(24)25)22-11-10-16(13-20(22)23)26-19-9-5-7-15-6-3-4-8-17(15)19/h3-11,13-14,18H,12H2,1-2H3,(H,24,25). The summed E-state index contributed by atoms with van der Waals surface area (Å²) in [7, 11) is 0. The summed E-state index contributed by atoms with van der Waals surface area (Å²) in [5.74, 6) is 0.187. The van der Waals surface area contributed by atoms with Crippen LogP contribution in [0.5, 0.6) is 11.5 Å². The lowest BCUT2D eigenvalue weighted by molar-refractivity contribution is -0.141. The fraction of sp³-hybridized carbons (Fsp3) is 0.238. The summed E-state index contributed by atoms with van der Waals surface area (Å²) in [6.07, 6.45) is 1.88. The normalized spacial score (nSPS) is 12.3. The highest BCUT2D eigenvalue weighted by Crippen LogP contribution is 2.29. The fourth-order valence-corrected chi connectivity index (χ4v) is 2.98. The first-order valence-corrected chi connectivity index (χ1v) is 8.56. The predicted octanol–water partition coefficient (Wildman–Crippen LogP) is 4.47. The molecule has 0 aliphatic rings. The van der Waals surface area contributed by atoms with Crippen LogP contribution in [0.25, 0.3) is 10.8 Å². The minimum absolute atomic E-state index is 0.162. The molecule has 1 unspecified atom stereocenters. The van der Waals surface area contributed by atoms with Crippen LogP contribution in [0.4, 0.5) is 0 Å². The lowest BCUT2D eigenvalue weighted by atomic mass is 10.0. The smallest absolute Gasteiger partial charge is 0.326 e. The van der Waals surface area contributed by atoms with Gasteiger partial charge >= 0.3 is 5.97 Å². The Bertz CT molecular complexity index is 985. The number of nitrogens with zero attached hydrogens (tertiary/aromatic N) is 1. The van der Waals surface area contributed by atoms with Crippen molar-refractivity contribution in [3.8, 4) is 11.5 Å². The van der Waals surface area contributed by atoms with E-state index in [0.717, 1.165) is 10.8 Å². The zero-order chi connectivity index (χ0) is 18.7. The number of carboxylic acids is 1. The summed E-state index contributed by atoms with van der Waals surface area (Å²) in [5, 5.41) is 11.4. The van der Waals surface area contributed by atoms with Crippen molar-refractivity contribution >= 4 is 16.7 Å². The molecule has 134 valence electrons. The summed E-state index contributed by atoms with van der Waals surface area (Å²) in [5.41, 5.74) is -0.393. The molecule has 26 heavy (non-hydrogen) atoms. The largest absolute Gasteiger partial charge is 0.480 e. The van der Waals surface area contributed by atoms with Crippen molar-refractivity contribution in [3.05, 3.63) is 71.1 Å². The number of carbonyl (C=O) groups is 1. The molecule has 1 N–H and O–H groups in total. The number of benzene rings is 2. The van der Waals surface area contributed by atoms with Gasteiger partial charge in [-0.1, -0.05) is 50.2 Å². The van der Waals surface area contributed by atoms with Crippen LogP contribution in [0.15, 0.2) is 65.6 Å². The van der Waals surface area contributed by atoms with Gasteiger partial charge in [0.15, 0.2) is 0 Å². The van der Waals surface area contributed by atoms with E-state index in [9.17, 15) is 14.7 Å². The first-order chi connectivity index (χ1) is 12.5. The van der Waals surface area contributed by atoms with Crippen LogP contribution in [-0.2, 0) is 4.79 Å². The van der Waals surface area contributed by atoms with Gasteiger partial charge in [0.1, 0.15) is 17.5 Å². The predicted molar refractivity (Wildman–Crippen MR) is 101 cm³/mol. The zero-order valence-corrected chi connectivity index (χ0v) is 14.8. The second-order valence-electron chi connectivity index (χ2n) is 6.67. The van der Waals surface area contributed by atoms with Gasteiger partial charge in [0.05, 0.1) is 0 Å². The number of aromatic nitrogens is 1. The Balaban J connectivity index is 1.92. The molecular formula is C21H21NO4. The molecule has 0 amide bonds. The van der Waals surface area contributed by atoms with Gasteiger partial charge in [0.2, 0.25) is 0 Å². The maximum Gasteiger partial charge on any atom is 0.326 e. The Morgan fingerprint density at radius 3 is 2.54 bits per heavy atom. The third-order valence-corrected chi connectivity index (χ3v) is 4.21. The molecule has 0 aliphatic carbocycles. The van der Waals surface area contributed by atoms with Crippen molar-refractivity contribution in [3.63, 3.8) is 0 Å². The summed E-state index contributed by atoms with van der Waals surface area (Å²) < 4.78 is 7.14. The van der Waals surface area contributed by atoms with Gasteiger partial charge in [-0.15, -0.1) is 0 Å². The van der Waals surface area contributed by atoms with Crippen LogP contribution >= 0.6 is 0 Å². The van der Waals surface area contributed by atoms with Crippen LogP contribution in [0, 0.1) is 5.92 Å². The Morgan fingerprint density at radius 1 is 1.12 bits per heavy atom. The molecule has 5 heteroatoms. The molecule has 1 heterocycles. The average Bonchev–Trinajstić information content (AvgIpc) is 2.60. The molecular weight excluding hydrogens is 330 g/mol. The first-order valence-electron chi connectivity index (χ1n) is 8.56. The van der Waals surface area contributed by atoms with Crippen molar-refractivity contribution < 1.29 is 14.6 Å². The summed E-state index contributed by atoms with van der Waals surface area (Å²) in [6.45, 7) is 3.86. The second-order valence-corrected chi connectivity index (χ2v) is 6.67. The molecule has 1 aromatic heterocycles. The molecule has 0 aliphatic heterocycles. The number of fused-ring (bicyclic) bond motifs is 1. The molecule has 0 fully saturated rings. The number of aliphatic carboxylic acids is 1. The van der Waals surface area contributed by atoms with E-state index in [-0.39, 0.29) is 5.92 Å². The van der Waals surface area contributed by atoms with Crippen molar-refractivity contribution in [2.45, 2.75) is 26.3 Å². The Kier molecular flexibility index (Phi) is 5.07. The highest BCUT2D eigenvalue weighted by Gasteiger charge is 2.22. The van der Waals surface area contributed by atoms with E-state index < -0.39 is 17.6 Å². The average molecular weight is 351 g/mol. The highest BCUT2D eigenvalue weighted by molar-refractivity contribution is 5.88. The lowest BCUT2D eigenvalue weighted by Gasteiger charge is -2.18. The van der Waals surface area contributed by atoms with Gasteiger partial charge < -0.3 is 14.4 Å². The maximum atomic E-state index is 12.4. The Morgan fingerprint density at radius 2 is 1.85 bits per heavy atom. The molecule has 0 radical (unpaired) electrons. The lowest BCUT2D eigenvalue weighted by Crippen LogP contribution is -2.30. The van der Waals surface area contributed by atoms with Crippen molar-refractivity contribution in [2.75, 3.05) is 0 Å².